The highest BCUT2D eigenvalue weighted by Gasteiger charge is 2.34. The standard InChI is InChI=1S/C29H27ClFN5OS/c1-17(2)19-12-14-20(15-13-19)26-25(27(37)33-21-8-5-4-6-9-21)18(3)32-28-34-29(35-36(26)28)38-16-22-23(30)10-7-11-24(22)31/h4-15,17,26H,16H2,1-3H3,(H,33,37)(H,32,34,35)/t26-/m1/s1. The Morgan fingerprint density at radius 1 is 1.11 bits per heavy atom. The number of thioether (sulfide) groups is 1. The molecule has 4 aromatic rings. The summed E-state index contributed by atoms with van der Waals surface area (Å²) in [7, 11) is 0. The van der Waals surface area contributed by atoms with Crippen LogP contribution in [0.1, 0.15) is 49.4 Å². The first kappa shape index (κ1) is 26.0. The maximum Gasteiger partial charge on any atom is 0.255 e. The Labute approximate surface area is 230 Å². The number of aromatic nitrogens is 3. The Bertz CT molecular complexity index is 1480. The zero-order valence-corrected chi connectivity index (χ0v) is 22.8. The topological polar surface area (TPSA) is 71.8 Å². The van der Waals surface area contributed by atoms with Crippen LogP contribution in [0, 0.1) is 5.82 Å². The largest absolute Gasteiger partial charge is 0.328 e. The summed E-state index contributed by atoms with van der Waals surface area (Å²) in [5.74, 6) is 0.570. The number of allylic oxidation sites excluding steroid dienone is 1. The normalized spacial score (nSPS) is 14.8. The van der Waals surface area contributed by atoms with Crippen LogP contribution in [-0.2, 0) is 10.5 Å². The van der Waals surface area contributed by atoms with Gasteiger partial charge in [0.05, 0.1) is 5.57 Å². The molecular formula is C29H27ClFN5OS. The lowest BCUT2D eigenvalue weighted by molar-refractivity contribution is -0.113. The van der Waals surface area contributed by atoms with Crippen molar-refractivity contribution in [2.45, 2.75) is 43.6 Å². The van der Waals surface area contributed by atoms with Crippen LogP contribution in [0.5, 0.6) is 0 Å². The number of nitrogens with one attached hydrogen (secondary N) is 2. The van der Waals surface area contributed by atoms with Crippen LogP contribution in [0.3, 0.4) is 0 Å². The molecule has 194 valence electrons. The number of amides is 1. The minimum absolute atomic E-state index is 0.229. The van der Waals surface area contributed by atoms with Crippen molar-refractivity contribution in [2.75, 3.05) is 10.6 Å². The molecule has 0 spiro atoms. The molecule has 0 aliphatic carbocycles. The number of anilines is 2. The van der Waals surface area contributed by atoms with Crippen molar-refractivity contribution in [2.24, 2.45) is 0 Å². The third-order valence-corrected chi connectivity index (χ3v) is 7.65. The minimum atomic E-state index is -0.505. The molecule has 0 saturated carbocycles. The Kier molecular flexibility index (Phi) is 7.53. The summed E-state index contributed by atoms with van der Waals surface area (Å²) in [5.41, 5.74) is 4.44. The molecule has 3 aromatic carbocycles. The van der Waals surface area contributed by atoms with Crippen molar-refractivity contribution in [1.29, 1.82) is 0 Å². The highest BCUT2D eigenvalue weighted by Crippen LogP contribution is 2.38. The quantitative estimate of drug-likeness (QED) is 0.236. The second-order valence-electron chi connectivity index (χ2n) is 9.36. The summed E-state index contributed by atoms with van der Waals surface area (Å²) >= 11 is 7.50. The van der Waals surface area contributed by atoms with Gasteiger partial charge in [-0.3, -0.25) is 4.79 Å². The predicted molar refractivity (Wildman–Crippen MR) is 151 cm³/mol. The Hall–Kier alpha value is -3.62. The van der Waals surface area contributed by atoms with Gasteiger partial charge in [-0.15, -0.1) is 5.10 Å². The Balaban J connectivity index is 1.51. The lowest BCUT2D eigenvalue weighted by Gasteiger charge is -2.29. The van der Waals surface area contributed by atoms with Crippen LogP contribution in [-0.4, -0.2) is 20.7 Å². The maximum absolute atomic E-state index is 14.3. The van der Waals surface area contributed by atoms with Crippen LogP contribution < -0.4 is 10.6 Å². The van der Waals surface area contributed by atoms with Crippen molar-refractivity contribution in [3.05, 3.63) is 112 Å². The summed E-state index contributed by atoms with van der Waals surface area (Å²) in [6.07, 6.45) is 0. The van der Waals surface area contributed by atoms with E-state index in [1.54, 1.807) is 16.8 Å². The molecule has 6 nitrogen and oxygen atoms in total. The first-order valence-electron chi connectivity index (χ1n) is 12.3. The first-order chi connectivity index (χ1) is 18.3. The van der Waals surface area contributed by atoms with E-state index < -0.39 is 6.04 Å². The molecular weight excluding hydrogens is 521 g/mol. The summed E-state index contributed by atoms with van der Waals surface area (Å²) in [6.45, 7) is 6.14. The van der Waals surface area contributed by atoms with Gasteiger partial charge in [0.25, 0.3) is 5.91 Å². The number of benzene rings is 3. The van der Waals surface area contributed by atoms with Gasteiger partial charge < -0.3 is 10.6 Å². The highest BCUT2D eigenvalue weighted by molar-refractivity contribution is 7.98. The van der Waals surface area contributed by atoms with E-state index in [1.807, 2.05) is 49.4 Å². The monoisotopic (exact) mass is 547 g/mol. The average molecular weight is 548 g/mol. The van der Waals surface area contributed by atoms with Gasteiger partial charge in [0.15, 0.2) is 0 Å². The molecule has 2 N–H and O–H groups in total. The van der Waals surface area contributed by atoms with Crippen molar-refractivity contribution in [3.63, 3.8) is 0 Å². The molecule has 0 fully saturated rings. The fourth-order valence-corrected chi connectivity index (χ4v) is 5.56. The van der Waals surface area contributed by atoms with Crippen LogP contribution >= 0.6 is 23.4 Å². The van der Waals surface area contributed by atoms with Gasteiger partial charge in [0.2, 0.25) is 11.1 Å². The third-order valence-electron chi connectivity index (χ3n) is 6.44. The van der Waals surface area contributed by atoms with E-state index in [0.717, 1.165) is 5.56 Å². The van der Waals surface area contributed by atoms with E-state index in [9.17, 15) is 9.18 Å². The molecule has 2 heterocycles. The maximum atomic E-state index is 14.3. The molecule has 0 radical (unpaired) electrons. The molecule has 1 aliphatic heterocycles. The molecule has 1 atom stereocenters. The number of hydrogen-bond donors (Lipinski definition) is 2. The molecule has 1 aromatic heterocycles. The van der Waals surface area contributed by atoms with Crippen molar-refractivity contribution in [1.82, 2.24) is 14.8 Å². The van der Waals surface area contributed by atoms with E-state index in [0.29, 0.717) is 44.6 Å². The van der Waals surface area contributed by atoms with Crippen molar-refractivity contribution >= 4 is 40.9 Å². The second-order valence-corrected chi connectivity index (χ2v) is 10.7. The van der Waals surface area contributed by atoms with Crippen LogP contribution in [0.4, 0.5) is 16.0 Å². The highest BCUT2D eigenvalue weighted by atomic mass is 35.5. The predicted octanol–water partition coefficient (Wildman–Crippen LogP) is 7.41. The fourth-order valence-electron chi connectivity index (χ4n) is 4.38. The zero-order valence-electron chi connectivity index (χ0n) is 21.2. The van der Waals surface area contributed by atoms with Crippen molar-refractivity contribution < 1.29 is 9.18 Å². The summed E-state index contributed by atoms with van der Waals surface area (Å²) in [5, 5.41) is 11.8. The van der Waals surface area contributed by atoms with Gasteiger partial charge >= 0.3 is 0 Å². The number of carbonyl (C=O) groups is 1. The smallest absolute Gasteiger partial charge is 0.255 e. The van der Waals surface area contributed by atoms with Gasteiger partial charge in [0, 0.05) is 27.7 Å². The molecule has 38 heavy (non-hydrogen) atoms. The summed E-state index contributed by atoms with van der Waals surface area (Å²) < 4.78 is 16.0. The first-order valence-corrected chi connectivity index (χ1v) is 13.6. The minimum Gasteiger partial charge on any atom is -0.328 e. The van der Waals surface area contributed by atoms with Gasteiger partial charge in [-0.2, -0.15) is 4.98 Å². The van der Waals surface area contributed by atoms with Crippen LogP contribution in [0.25, 0.3) is 0 Å². The van der Waals surface area contributed by atoms with Gasteiger partial charge in [-0.25, -0.2) is 9.07 Å². The molecule has 1 amide bonds. The molecule has 9 heteroatoms. The number of nitrogens with zero attached hydrogens (tertiary/aromatic N) is 3. The number of carbonyl (C=O) groups excluding carboxylic acids is 1. The number of hydrogen-bond acceptors (Lipinski definition) is 5. The van der Waals surface area contributed by atoms with Gasteiger partial charge in [0.1, 0.15) is 11.9 Å². The SMILES string of the molecule is CC1=C(C(=O)Nc2ccccc2)[C@@H](c2ccc(C(C)C)cc2)n2nc(SCc3c(F)cccc3Cl)nc2N1. The number of para-hydroxylation sites is 1. The average Bonchev–Trinajstić information content (AvgIpc) is 3.30. The Morgan fingerprint density at radius 3 is 2.53 bits per heavy atom. The molecule has 0 bridgehead atoms. The number of halogens is 2. The van der Waals surface area contributed by atoms with Crippen LogP contribution in [0.2, 0.25) is 5.02 Å². The van der Waals surface area contributed by atoms with Gasteiger partial charge in [-0.05, 0) is 48.2 Å². The molecule has 1 aliphatic rings. The van der Waals surface area contributed by atoms with E-state index >= 15 is 0 Å². The molecule has 5 rings (SSSR count). The summed E-state index contributed by atoms with van der Waals surface area (Å²) in [6, 6.07) is 21.7. The lowest BCUT2D eigenvalue weighted by Crippen LogP contribution is -2.31. The van der Waals surface area contributed by atoms with E-state index in [4.69, 9.17) is 16.7 Å². The lowest BCUT2D eigenvalue weighted by atomic mass is 9.93. The number of fused-ring (bicyclic) bond motifs is 1. The van der Waals surface area contributed by atoms with E-state index in [1.165, 1.54) is 23.4 Å². The summed E-state index contributed by atoms with van der Waals surface area (Å²) in [4.78, 5) is 18.3. The molecule has 0 saturated heterocycles. The number of rotatable bonds is 7. The van der Waals surface area contributed by atoms with Crippen molar-refractivity contribution in [3.8, 4) is 0 Å². The van der Waals surface area contributed by atoms with Crippen LogP contribution in [0.15, 0.2) is 89.2 Å². The van der Waals surface area contributed by atoms with E-state index in [-0.39, 0.29) is 17.5 Å². The fraction of sp³-hybridized carbons (Fsp3) is 0.207. The Morgan fingerprint density at radius 2 is 1.84 bits per heavy atom. The second kappa shape index (κ2) is 11.0. The zero-order chi connectivity index (χ0) is 26.8. The van der Waals surface area contributed by atoms with Gasteiger partial charge in [-0.1, -0.05) is 85.7 Å². The van der Waals surface area contributed by atoms with E-state index in [2.05, 4.69) is 41.6 Å². The third kappa shape index (κ3) is 5.33. The molecule has 0 unspecified atom stereocenters.